The maximum atomic E-state index is 14.0. The highest BCUT2D eigenvalue weighted by Gasteiger charge is 2.38. The number of rotatable bonds is 14. The quantitative estimate of drug-likeness (QED) is 0.285. The number of ether oxygens (including phenoxy) is 1. The zero-order chi connectivity index (χ0) is 29.0. The zero-order valence-corrected chi connectivity index (χ0v) is 25.0. The van der Waals surface area contributed by atoms with Gasteiger partial charge in [0.15, 0.2) is 0 Å². The second kappa shape index (κ2) is 15.7. The molecule has 0 aliphatic heterocycles. The van der Waals surface area contributed by atoms with Crippen molar-refractivity contribution in [2.24, 2.45) is 5.92 Å². The van der Waals surface area contributed by atoms with Gasteiger partial charge in [-0.15, -0.1) is 0 Å². The van der Waals surface area contributed by atoms with E-state index in [1.54, 1.807) is 25.7 Å². The molecule has 0 spiro atoms. The molecule has 0 saturated heterocycles. The van der Waals surface area contributed by atoms with Gasteiger partial charge in [-0.2, -0.15) is 0 Å². The number of aliphatic hydroxyl groups excluding tert-OH is 1. The normalized spacial score (nSPS) is 14.0. The van der Waals surface area contributed by atoms with Gasteiger partial charge in [-0.1, -0.05) is 62.9 Å². The van der Waals surface area contributed by atoms with Gasteiger partial charge in [-0.3, -0.25) is 9.59 Å². The average molecular weight is 534 g/mol. The number of aliphatic hydroxyl groups is 1. The van der Waals surface area contributed by atoms with Crippen LogP contribution in [0.25, 0.3) is 0 Å². The number of nitrogens with one attached hydrogen (secondary N) is 2. The van der Waals surface area contributed by atoms with Gasteiger partial charge in [-0.25, -0.2) is 4.79 Å². The van der Waals surface area contributed by atoms with Crippen molar-refractivity contribution in [3.8, 4) is 0 Å². The largest absolute Gasteiger partial charge is 0.444 e. The van der Waals surface area contributed by atoms with Gasteiger partial charge in [0.1, 0.15) is 17.7 Å². The highest BCUT2D eigenvalue weighted by Crippen LogP contribution is 2.29. The molecular formula is C30H51N3O5. The standard InChI is InChI=1S/C30H51N3O5/c1-10-11-12-15-31-27(35)26(24-17-21(4)16-22(5)18-24)33(23(6)14-13-20(2)3)28(36)25(19-34)32-29(37)38-30(7,8)9/h16-18,20,23,25-26,34H,10-15,19H2,1-9H3,(H,31,35)(H,32,37). The third-order valence-electron chi connectivity index (χ3n) is 6.23. The van der Waals surface area contributed by atoms with Crippen LogP contribution in [-0.4, -0.2) is 58.8 Å². The molecule has 216 valence electrons. The van der Waals surface area contributed by atoms with E-state index in [1.165, 1.54) is 0 Å². The molecule has 1 aromatic carbocycles. The molecule has 3 amide bonds. The lowest BCUT2D eigenvalue weighted by Gasteiger charge is -2.38. The smallest absolute Gasteiger partial charge is 0.408 e. The SMILES string of the molecule is CCCCCNC(=O)C(c1cc(C)cc(C)c1)N(C(=O)C(CO)NC(=O)OC(C)(C)C)C(C)CCC(C)C. The van der Waals surface area contributed by atoms with Gasteiger partial charge in [0.25, 0.3) is 0 Å². The highest BCUT2D eigenvalue weighted by molar-refractivity contribution is 5.92. The number of amides is 3. The Morgan fingerprint density at radius 1 is 1.00 bits per heavy atom. The Bertz CT molecular complexity index is 889. The van der Waals surface area contributed by atoms with Crippen LogP contribution in [0.1, 0.15) is 103 Å². The van der Waals surface area contributed by atoms with Gasteiger partial charge in [-0.05, 0) is 72.3 Å². The van der Waals surface area contributed by atoms with Gasteiger partial charge in [0.2, 0.25) is 11.8 Å². The molecule has 3 N–H and O–H groups in total. The summed E-state index contributed by atoms with van der Waals surface area (Å²) in [5.74, 6) is -0.391. The summed E-state index contributed by atoms with van der Waals surface area (Å²) in [6.07, 6.45) is 3.59. The fourth-order valence-corrected chi connectivity index (χ4v) is 4.42. The first kappa shape index (κ1) is 33.4. The molecule has 38 heavy (non-hydrogen) atoms. The van der Waals surface area contributed by atoms with Crippen LogP contribution in [-0.2, 0) is 14.3 Å². The topological polar surface area (TPSA) is 108 Å². The molecule has 3 unspecified atom stereocenters. The van der Waals surface area contributed by atoms with E-state index in [2.05, 4.69) is 31.4 Å². The maximum absolute atomic E-state index is 14.0. The molecule has 3 atom stereocenters. The van der Waals surface area contributed by atoms with E-state index in [0.29, 0.717) is 24.4 Å². The Morgan fingerprint density at radius 2 is 1.61 bits per heavy atom. The number of carbonyl (C=O) groups is 3. The monoisotopic (exact) mass is 533 g/mol. The van der Waals surface area contributed by atoms with Crippen molar-refractivity contribution in [3.63, 3.8) is 0 Å². The Kier molecular flexibility index (Phi) is 13.8. The minimum Gasteiger partial charge on any atom is -0.444 e. The van der Waals surface area contributed by atoms with Gasteiger partial charge in [0.05, 0.1) is 6.61 Å². The second-order valence-electron chi connectivity index (χ2n) is 11.8. The predicted octanol–water partition coefficient (Wildman–Crippen LogP) is 5.19. The van der Waals surface area contributed by atoms with E-state index in [1.807, 2.05) is 39.0 Å². The summed E-state index contributed by atoms with van der Waals surface area (Å²) < 4.78 is 5.33. The lowest BCUT2D eigenvalue weighted by Crippen LogP contribution is -2.56. The van der Waals surface area contributed by atoms with E-state index < -0.39 is 36.3 Å². The van der Waals surface area contributed by atoms with Gasteiger partial charge >= 0.3 is 6.09 Å². The Labute approximate surface area is 229 Å². The fraction of sp³-hybridized carbons (Fsp3) is 0.700. The van der Waals surface area contributed by atoms with Crippen molar-refractivity contribution < 1.29 is 24.2 Å². The summed E-state index contributed by atoms with van der Waals surface area (Å²) in [6.45, 7) is 17.2. The number of hydrogen-bond donors (Lipinski definition) is 3. The van der Waals surface area contributed by atoms with Crippen molar-refractivity contribution in [1.82, 2.24) is 15.5 Å². The number of benzene rings is 1. The van der Waals surface area contributed by atoms with Crippen LogP contribution in [0.15, 0.2) is 18.2 Å². The van der Waals surface area contributed by atoms with Crippen LogP contribution < -0.4 is 10.6 Å². The molecule has 0 fully saturated rings. The fourth-order valence-electron chi connectivity index (χ4n) is 4.42. The average Bonchev–Trinajstić information content (AvgIpc) is 2.79. The molecule has 0 aliphatic carbocycles. The van der Waals surface area contributed by atoms with Crippen molar-refractivity contribution in [2.45, 2.75) is 118 Å². The van der Waals surface area contributed by atoms with Crippen molar-refractivity contribution in [1.29, 1.82) is 0 Å². The van der Waals surface area contributed by atoms with E-state index in [4.69, 9.17) is 4.74 Å². The molecule has 0 heterocycles. The number of aryl methyl sites for hydroxylation is 2. The minimum atomic E-state index is -1.26. The van der Waals surface area contributed by atoms with Gasteiger partial charge in [0, 0.05) is 12.6 Å². The second-order valence-corrected chi connectivity index (χ2v) is 11.8. The Balaban J connectivity index is 3.53. The Morgan fingerprint density at radius 3 is 2.11 bits per heavy atom. The number of alkyl carbamates (subject to hydrolysis) is 1. The summed E-state index contributed by atoms with van der Waals surface area (Å²) in [5.41, 5.74) is 1.90. The van der Waals surface area contributed by atoms with Crippen molar-refractivity contribution in [3.05, 3.63) is 34.9 Å². The molecular weight excluding hydrogens is 482 g/mol. The molecule has 8 nitrogen and oxygen atoms in total. The summed E-state index contributed by atoms with van der Waals surface area (Å²) in [4.78, 5) is 41.9. The number of carbonyl (C=O) groups excluding carboxylic acids is 3. The first-order valence-electron chi connectivity index (χ1n) is 14.0. The molecule has 8 heteroatoms. The molecule has 0 bridgehead atoms. The van der Waals surface area contributed by atoms with E-state index in [9.17, 15) is 19.5 Å². The van der Waals surface area contributed by atoms with Crippen LogP contribution in [0, 0.1) is 19.8 Å². The number of unbranched alkanes of at least 4 members (excludes halogenated alkanes) is 2. The zero-order valence-electron chi connectivity index (χ0n) is 25.0. The maximum Gasteiger partial charge on any atom is 0.408 e. The molecule has 0 radical (unpaired) electrons. The molecule has 0 aliphatic rings. The third kappa shape index (κ3) is 11.4. The summed E-state index contributed by atoms with van der Waals surface area (Å²) in [6, 6.07) is 3.37. The number of hydrogen-bond acceptors (Lipinski definition) is 5. The summed E-state index contributed by atoms with van der Waals surface area (Å²) >= 11 is 0. The van der Waals surface area contributed by atoms with E-state index in [-0.39, 0.29) is 11.9 Å². The van der Waals surface area contributed by atoms with Crippen LogP contribution in [0.3, 0.4) is 0 Å². The number of nitrogens with zero attached hydrogens (tertiary/aromatic N) is 1. The van der Waals surface area contributed by atoms with E-state index >= 15 is 0 Å². The van der Waals surface area contributed by atoms with E-state index in [0.717, 1.165) is 36.8 Å². The minimum absolute atomic E-state index is 0.273. The molecule has 0 aromatic heterocycles. The molecule has 1 aromatic rings. The summed E-state index contributed by atoms with van der Waals surface area (Å²) in [7, 11) is 0. The molecule has 0 saturated carbocycles. The molecule has 1 rings (SSSR count). The van der Waals surface area contributed by atoms with Crippen molar-refractivity contribution in [2.75, 3.05) is 13.2 Å². The highest BCUT2D eigenvalue weighted by atomic mass is 16.6. The predicted molar refractivity (Wildman–Crippen MR) is 152 cm³/mol. The van der Waals surface area contributed by atoms with Crippen LogP contribution in [0.2, 0.25) is 0 Å². The lowest BCUT2D eigenvalue weighted by atomic mass is 9.95. The lowest BCUT2D eigenvalue weighted by molar-refractivity contribution is -0.146. The van der Waals surface area contributed by atoms with Crippen LogP contribution >= 0.6 is 0 Å². The third-order valence-corrected chi connectivity index (χ3v) is 6.23. The van der Waals surface area contributed by atoms with Gasteiger partial charge < -0.3 is 25.4 Å². The first-order chi connectivity index (χ1) is 17.7. The Hall–Kier alpha value is -2.61. The van der Waals surface area contributed by atoms with Crippen LogP contribution in [0.5, 0.6) is 0 Å². The summed E-state index contributed by atoms with van der Waals surface area (Å²) in [5, 5.41) is 15.7. The van der Waals surface area contributed by atoms with Crippen molar-refractivity contribution >= 4 is 17.9 Å². The first-order valence-corrected chi connectivity index (χ1v) is 14.0. The van der Waals surface area contributed by atoms with Crippen LogP contribution in [0.4, 0.5) is 4.79 Å².